The van der Waals surface area contributed by atoms with Crippen LogP contribution in [-0.2, 0) is 0 Å². The Morgan fingerprint density at radius 1 is 0.889 bits per heavy atom. The number of fused-ring (bicyclic) bond motifs is 1. The van der Waals surface area contributed by atoms with Crippen molar-refractivity contribution in [3.05, 3.63) is 93.8 Å². The summed E-state index contributed by atoms with van der Waals surface area (Å²) in [5.41, 5.74) is 4.70. The second-order valence-corrected chi connectivity index (χ2v) is 6.52. The van der Waals surface area contributed by atoms with E-state index in [1.165, 1.54) is 10.2 Å². The number of H-pyrrole nitrogens is 1. The predicted molar refractivity (Wildman–Crippen MR) is 108 cm³/mol. The molecule has 0 bridgehead atoms. The quantitative estimate of drug-likeness (QED) is 0.572. The third kappa shape index (κ3) is 2.93. The maximum Gasteiger partial charge on any atom is 0.279 e. The first kappa shape index (κ1) is 16.8. The lowest BCUT2D eigenvalue weighted by atomic mass is 10.1. The zero-order valence-electron chi connectivity index (χ0n) is 15.1. The van der Waals surface area contributed by atoms with Crippen LogP contribution in [0.25, 0.3) is 10.9 Å². The summed E-state index contributed by atoms with van der Waals surface area (Å²) in [5.74, 6) is -0.290. The second kappa shape index (κ2) is 6.61. The van der Waals surface area contributed by atoms with E-state index in [9.17, 15) is 9.59 Å². The highest BCUT2D eigenvalue weighted by Crippen LogP contribution is 2.26. The lowest BCUT2D eigenvalue weighted by molar-refractivity contribution is 0.0951. The fourth-order valence-corrected chi connectivity index (χ4v) is 3.17. The van der Waals surface area contributed by atoms with Crippen molar-refractivity contribution in [1.29, 1.82) is 0 Å². The summed E-state index contributed by atoms with van der Waals surface area (Å²) in [4.78, 5) is 25.3. The van der Waals surface area contributed by atoms with Crippen LogP contribution < -0.4 is 10.9 Å². The van der Waals surface area contributed by atoms with Gasteiger partial charge in [-0.3, -0.25) is 14.7 Å². The van der Waals surface area contributed by atoms with Gasteiger partial charge in [-0.2, -0.15) is 0 Å². The molecule has 0 saturated heterocycles. The summed E-state index contributed by atoms with van der Waals surface area (Å²) in [5, 5.41) is 6.50. The summed E-state index contributed by atoms with van der Waals surface area (Å²) in [7, 11) is 0. The molecule has 1 heterocycles. The van der Waals surface area contributed by atoms with Gasteiger partial charge in [0.05, 0.1) is 22.2 Å². The molecule has 134 valence electrons. The monoisotopic (exact) mass is 357 g/mol. The van der Waals surface area contributed by atoms with Gasteiger partial charge in [-0.1, -0.05) is 36.4 Å². The number of rotatable bonds is 3. The molecule has 5 heteroatoms. The van der Waals surface area contributed by atoms with Gasteiger partial charge in [0.15, 0.2) is 0 Å². The van der Waals surface area contributed by atoms with Gasteiger partial charge < -0.3 is 5.32 Å². The molecular weight excluding hydrogens is 338 g/mol. The van der Waals surface area contributed by atoms with Crippen LogP contribution in [0.3, 0.4) is 0 Å². The Bertz CT molecular complexity index is 1220. The SMILES string of the molecule is Cc1cccc(Nc2ccccc2C(=O)n2[nH]c(=O)c3ccccc32)c1C. The molecule has 0 radical (unpaired) electrons. The first-order valence-electron chi connectivity index (χ1n) is 8.73. The van der Waals surface area contributed by atoms with E-state index in [2.05, 4.69) is 10.4 Å². The van der Waals surface area contributed by atoms with E-state index in [-0.39, 0.29) is 11.5 Å². The van der Waals surface area contributed by atoms with Gasteiger partial charge in [0.25, 0.3) is 11.5 Å². The standard InChI is InChI=1S/C22H19N3O2/c1-14-8-7-12-18(15(14)2)23-19-11-5-3-9-16(19)22(27)25-20-13-6-4-10-17(20)21(26)24-25/h3-13,23H,1-2H3,(H,24,26). The summed E-state index contributed by atoms with van der Waals surface area (Å²) in [6.45, 7) is 4.09. The number of carbonyl (C=O) groups excluding carboxylic acids is 1. The number of nitrogens with zero attached hydrogens (tertiary/aromatic N) is 1. The molecule has 27 heavy (non-hydrogen) atoms. The average Bonchev–Trinajstić information content (AvgIpc) is 3.02. The predicted octanol–water partition coefficient (Wildman–Crippen LogP) is 4.38. The van der Waals surface area contributed by atoms with E-state index in [0.29, 0.717) is 22.2 Å². The highest BCUT2D eigenvalue weighted by atomic mass is 16.2. The Morgan fingerprint density at radius 2 is 1.59 bits per heavy atom. The molecule has 4 aromatic rings. The molecule has 0 aliphatic heterocycles. The minimum absolute atomic E-state index is 0.279. The molecule has 0 aliphatic rings. The van der Waals surface area contributed by atoms with E-state index < -0.39 is 0 Å². The van der Waals surface area contributed by atoms with Crippen molar-refractivity contribution in [3.8, 4) is 0 Å². The van der Waals surface area contributed by atoms with Crippen molar-refractivity contribution in [2.75, 3.05) is 5.32 Å². The Hall–Kier alpha value is -3.60. The largest absolute Gasteiger partial charge is 0.355 e. The van der Waals surface area contributed by atoms with Crippen LogP contribution in [-0.4, -0.2) is 15.7 Å². The zero-order valence-corrected chi connectivity index (χ0v) is 15.1. The molecule has 0 atom stereocenters. The number of hydrogen-bond donors (Lipinski definition) is 2. The lowest BCUT2D eigenvalue weighted by Gasteiger charge is -2.15. The molecule has 1 aromatic heterocycles. The van der Waals surface area contributed by atoms with Gasteiger partial charge in [-0.05, 0) is 55.3 Å². The molecule has 0 amide bonds. The molecule has 0 fully saturated rings. The van der Waals surface area contributed by atoms with Crippen molar-refractivity contribution in [2.45, 2.75) is 13.8 Å². The summed E-state index contributed by atoms with van der Waals surface area (Å²) in [6.07, 6.45) is 0. The van der Waals surface area contributed by atoms with Gasteiger partial charge in [0.1, 0.15) is 0 Å². The van der Waals surface area contributed by atoms with E-state index in [1.54, 1.807) is 30.3 Å². The van der Waals surface area contributed by atoms with Gasteiger partial charge in [0.2, 0.25) is 0 Å². The Kier molecular flexibility index (Phi) is 4.12. The first-order chi connectivity index (χ1) is 13.1. The lowest BCUT2D eigenvalue weighted by Crippen LogP contribution is -2.17. The van der Waals surface area contributed by atoms with Crippen LogP contribution in [0.2, 0.25) is 0 Å². The molecule has 0 spiro atoms. The number of aryl methyl sites for hydroxylation is 1. The van der Waals surface area contributed by atoms with Crippen molar-refractivity contribution >= 4 is 28.2 Å². The molecule has 2 N–H and O–H groups in total. The number of hydrogen-bond acceptors (Lipinski definition) is 3. The van der Waals surface area contributed by atoms with Crippen LogP contribution in [0.5, 0.6) is 0 Å². The molecule has 3 aromatic carbocycles. The number of anilines is 2. The maximum absolute atomic E-state index is 13.2. The second-order valence-electron chi connectivity index (χ2n) is 6.52. The van der Waals surface area contributed by atoms with Crippen LogP contribution in [0.4, 0.5) is 11.4 Å². The number of nitrogens with one attached hydrogen (secondary N) is 2. The highest BCUT2D eigenvalue weighted by Gasteiger charge is 2.17. The Balaban J connectivity index is 1.80. The third-order valence-electron chi connectivity index (χ3n) is 4.84. The fourth-order valence-electron chi connectivity index (χ4n) is 3.17. The maximum atomic E-state index is 13.2. The van der Waals surface area contributed by atoms with Crippen molar-refractivity contribution < 1.29 is 4.79 Å². The summed E-state index contributed by atoms with van der Waals surface area (Å²) < 4.78 is 1.31. The molecule has 0 aliphatic carbocycles. The normalized spacial score (nSPS) is 10.9. The van der Waals surface area contributed by atoms with E-state index in [1.807, 2.05) is 50.2 Å². The molecule has 4 rings (SSSR count). The fraction of sp³-hybridized carbons (Fsp3) is 0.0909. The van der Waals surface area contributed by atoms with Gasteiger partial charge in [-0.15, -0.1) is 0 Å². The number of aromatic amines is 1. The summed E-state index contributed by atoms with van der Waals surface area (Å²) in [6, 6.07) is 20.4. The van der Waals surface area contributed by atoms with Crippen LogP contribution in [0.1, 0.15) is 21.5 Å². The van der Waals surface area contributed by atoms with Crippen molar-refractivity contribution in [1.82, 2.24) is 9.78 Å². The molecule has 5 nitrogen and oxygen atoms in total. The smallest absolute Gasteiger partial charge is 0.279 e. The molecular formula is C22H19N3O2. The van der Waals surface area contributed by atoms with E-state index in [4.69, 9.17) is 0 Å². The van der Waals surface area contributed by atoms with E-state index in [0.717, 1.165) is 11.3 Å². The minimum Gasteiger partial charge on any atom is -0.355 e. The Labute approximate surface area is 156 Å². The molecule has 0 saturated carbocycles. The average molecular weight is 357 g/mol. The van der Waals surface area contributed by atoms with Crippen LogP contribution in [0, 0.1) is 13.8 Å². The van der Waals surface area contributed by atoms with Gasteiger partial charge in [-0.25, -0.2) is 4.68 Å². The number of benzene rings is 3. The summed E-state index contributed by atoms with van der Waals surface area (Å²) >= 11 is 0. The number of para-hydroxylation sites is 2. The third-order valence-corrected chi connectivity index (χ3v) is 4.84. The van der Waals surface area contributed by atoms with Crippen molar-refractivity contribution in [2.24, 2.45) is 0 Å². The number of carbonyl (C=O) groups is 1. The number of aromatic nitrogens is 2. The molecule has 0 unspecified atom stereocenters. The van der Waals surface area contributed by atoms with Gasteiger partial charge in [0, 0.05) is 5.69 Å². The van der Waals surface area contributed by atoms with Crippen molar-refractivity contribution in [3.63, 3.8) is 0 Å². The highest BCUT2D eigenvalue weighted by molar-refractivity contribution is 6.05. The topological polar surface area (TPSA) is 66.9 Å². The van der Waals surface area contributed by atoms with E-state index >= 15 is 0 Å². The Morgan fingerprint density at radius 3 is 2.44 bits per heavy atom. The first-order valence-corrected chi connectivity index (χ1v) is 8.73. The van der Waals surface area contributed by atoms with Crippen LogP contribution in [0.15, 0.2) is 71.5 Å². The van der Waals surface area contributed by atoms with Gasteiger partial charge >= 0.3 is 0 Å². The van der Waals surface area contributed by atoms with Crippen LogP contribution >= 0.6 is 0 Å². The minimum atomic E-state index is -0.290. The zero-order chi connectivity index (χ0) is 19.0.